The monoisotopic (exact) mass is 283 g/mol. The first-order valence-corrected chi connectivity index (χ1v) is 8.35. The van der Waals surface area contributed by atoms with Gasteiger partial charge in [0.2, 0.25) is 10.0 Å². The standard InChI is InChI=1S/C13H21N3O2S/c14-12(13-7-3-4-8-15-13)11-19(17,18)16-9-5-1-2-6-10-16/h3-4,7-8,12H,1-2,5-6,9-11,14H2. The van der Waals surface area contributed by atoms with E-state index in [1.807, 2.05) is 6.07 Å². The molecular formula is C13H21N3O2S. The van der Waals surface area contributed by atoms with Crippen LogP contribution in [0.5, 0.6) is 0 Å². The molecule has 19 heavy (non-hydrogen) atoms. The molecule has 1 fully saturated rings. The van der Waals surface area contributed by atoms with Gasteiger partial charge in [-0.15, -0.1) is 0 Å². The Labute approximate surface area is 114 Å². The zero-order valence-corrected chi connectivity index (χ0v) is 11.8. The van der Waals surface area contributed by atoms with Crippen molar-refractivity contribution in [2.75, 3.05) is 18.8 Å². The zero-order chi connectivity index (χ0) is 13.7. The first kappa shape index (κ1) is 14.4. The Morgan fingerprint density at radius 3 is 2.47 bits per heavy atom. The minimum absolute atomic E-state index is 0.0655. The Bertz CT molecular complexity index is 482. The van der Waals surface area contributed by atoms with E-state index >= 15 is 0 Å². The van der Waals surface area contributed by atoms with Gasteiger partial charge >= 0.3 is 0 Å². The largest absolute Gasteiger partial charge is 0.322 e. The lowest BCUT2D eigenvalue weighted by Gasteiger charge is -2.22. The molecule has 0 saturated carbocycles. The number of sulfonamides is 1. The van der Waals surface area contributed by atoms with Crippen LogP contribution < -0.4 is 5.73 Å². The minimum Gasteiger partial charge on any atom is -0.322 e. The van der Waals surface area contributed by atoms with E-state index in [2.05, 4.69) is 4.98 Å². The van der Waals surface area contributed by atoms with E-state index in [0.29, 0.717) is 18.8 Å². The molecule has 106 valence electrons. The average Bonchev–Trinajstić information content (AvgIpc) is 2.68. The molecule has 0 bridgehead atoms. The van der Waals surface area contributed by atoms with Crippen LogP contribution in [0.3, 0.4) is 0 Å². The highest BCUT2D eigenvalue weighted by Crippen LogP contribution is 2.17. The molecule has 1 aromatic heterocycles. The highest BCUT2D eigenvalue weighted by Gasteiger charge is 2.26. The molecular weight excluding hydrogens is 262 g/mol. The molecule has 0 aromatic carbocycles. The summed E-state index contributed by atoms with van der Waals surface area (Å²) in [6.45, 7) is 1.24. The van der Waals surface area contributed by atoms with Crippen molar-refractivity contribution < 1.29 is 8.42 Å². The summed E-state index contributed by atoms with van der Waals surface area (Å²) in [5.74, 6) is -0.0655. The van der Waals surface area contributed by atoms with E-state index in [4.69, 9.17) is 5.73 Å². The van der Waals surface area contributed by atoms with Crippen LogP contribution in [-0.2, 0) is 10.0 Å². The van der Waals surface area contributed by atoms with Gasteiger partial charge in [-0.2, -0.15) is 0 Å². The summed E-state index contributed by atoms with van der Waals surface area (Å²) in [6, 6.07) is 4.82. The fourth-order valence-electron chi connectivity index (χ4n) is 2.33. The van der Waals surface area contributed by atoms with Crippen molar-refractivity contribution in [1.29, 1.82) is 0 Å². The maximum atomic E-state index is 12.3. The van der Waals surface area contributed by atoms with Gasteiger partial charge in [-0.3, -0.25) is 4.98 Å². The molecule has 1 atom stereocenters. The van der Waals surface area contributed by atoms with Gasteiger partial charge in [0.05, 0.1) is 17.5 Å². The van der Waals surface area contributed by atoms with Crippen LogP contribution in [0.1, 0.15) is 37.4 Å². The van der Waals surface area contributed by atoms with Crippen molar-refractivity contribution in [2.24, 2.45) is 5.73 Å². The van der Waals surface area contributed by atoms with Crippen LogP contribution in [0.4, 0.5) is 0 Å². The summed E-state index contributed by atoms with van der Waals surface area (Å²) in [5, 5.41) is 0. The molecule has 1 aliphatic rings. The number of aromatic nitrogens is 1. The van der Waals surface area contributed by atoms with E-state index in [1.165, 1.54) is 0 Å². The zero-order valence-electron chi connectivity index (χ0n) is 11.0. The van der Waals surface area contributed by atoms with Crippen LogP contribution in [0.2, 0.25) is 0 Å². The maximum Gasteiger partial charge on any atom is 0.216 e. The first-order chi connectivity index (χ1) is 9.09. The lowest BCUT2D eigenvalue weighted by Crippen LogP contribution is -2.37. The molecule has 1 unspecified atom stereocenters. The molecule has 0 amide bonds. The summed E-state index contributed by atoms with van der Waals surface area (Å²) in [5.41, 5.74) is 6.58. The van der Waals surface area contributed by atoms with E-state index < -0.39 is 16.1 Å². The van der Waals surface area contributed by atoms with Crippen LogP contribution >= 0.6 is 0 Å². The van der Waals surface area contributed by atoms with Crippen LogP contribution in [0, 0.1) is 0 Å². The number of hydrogen-bond acceptors (Lipinski definition) is 4. The van der Waals surface area contributed by atoms with E-state index in [0.717, 1.165) is 25.7 Å². The maximum absolute atomic E-state index is 12.3. The second-order valence-electron chi connectivity index (χ2n) is 4.95. The summed E-state index contributed by atoms with van der Waals surface area (Å²) in [6.07, 6.45) is 5.74. The van der Waals surface area contributed by atoms with Crippen molar-refractivity contribution in [3.8, 4) is 0 Å². The number of nitrogens with two attached hydrogens (primary N) is 1. The second-order valence-corrected chi connectivity index (χ2v) is 6.97. The molecule has 1 saturated heterocycles. The van der Waals surface area contributed by atoms with Crippen molar-refractivity contribution >= 4 is 10.0 Å². The lowest BCUT2D eigenvalue weighted by molar-refractivity contribution is 0.421. The molecule has 5 nitrogen and oxygen atoms in total. The molecule has 1 aromatic rings. The highest BCUT2D eigenvalue weighted by molar-refractivity contribution is 7.89. The number of rotatable bonds is 4. The fraction of sp³-hybridized carbons (Fsp3) is 0.615. The lowest BCUT2D eigenvalue weighted by atomic mass is 10.2. The van der Waals surface area contributed by atoms with Crippen LogP contribution in [0.15, 0.2) is 24.4 Å². The Morgan fingerprint density at radius 1 is 1.21 bits per heavy atom. The predicted octanol–water partition coefficient (Wildman–Crippen LogP) is 1.29. The molecule has 6 heteroatoms. The molecule has 0 aliphatic carbocycles. The van der Waals surface area contributed by atoms with Crippen LogP contribution in [-0.4, -0.2) is 36.5 Å². The molecule has 2 rings (SSSR count). The molecule has 0 radical (unpaired) electrons. The van der Waals surface area contributed by atoms with Crippen molar-refractivity contribution in [2.45, 2.75) is 31.7 Å². The van der Waals surface area contributed by atoms with Gasteiger partial charge in [0.25, 0.3) is 0 Å². The Balaban J connectivity index is 2.04. The average molecular weight is 283 g/mol. The number of pyridine rings is 1. The molecule has 1 aliphatic heterocycles. The van der Waals surface area contributed by atoms with Crippen molar-refractivity contribution in [1.82, 2.24) is 9.29 Å². The molecule has 2 N–H and O–H groups in total. The van der Waals surface area contributed by atoms with Gasteiger partial charge < -0.3 is 5.73 Å². The van der Waals surface area contributed by atoms with Gasteiger partial charge in [0, 0.05) is 19.3 Å². The third-order valence-electron chi connectivity index (χ3n) is 3.42. The number of hydrogen-bond donors (Lipinski definition) is 1. The summed E-state index contributed by atoms with van der Waals surface area (Å²) < 4.78 is 26.3. The molecule has 2 heterocycles. The third kappa shape index (κ3) is 3.99. The van der Waals surface area contributed by atoms with E-state index in [9.17, 15) is 8.42 Å². The first-order valence-electron chi connectivity index (χ1n) is 6.74. The highest BCUT2D eigenvalue weighted by atomic mass is 32.2. The van der Waals surface area contributed by atoms with E-state index in [1.54, 1.807) is 22.6 Å². The third-order valence-corrected chi connectivity index (χ3v) is 5.35. The van der Waals surface area contributed by atoms with Gasteiger partial charge in [-0.25, -0.2) is 12.7 Å². The smallest absolute Gasteiger partial charge is 0.216 e. The van der Waals surface area contributed by atoms with Crippen molar-refractivity contribution in [3.05, 3.63) is 30.1 Å². The van der Waals surface area contributed by atoms with Crippen LogP contribution in [0.25, 0.3) is 0 Å². The van der Waals surface area contributed by atoms with E-state index in [-0.39, 0.29) is 5.75 Å². The fourth-order valence-corrected chi connectivity index (χ4v) is 3.98. The topological polar surface area (TPSA) is 76.3 Å². The normalized spacial score (nSPS) is 19.8. The molecule has 0 spiro atoms. The SMILES string of the molecule is NC(CS(=O)(=O)N1CCCCCC1)c1ccccn1. The Hall–Kier alpha value is -0.980. The summed E-state index contributed by atoms with van der Waals surface area (Å²) >= 11 is 0. The van der Waals surface area contributed by atoms with Crippen molar-refractivity contribution in [3.63, 3.8) is 0 Å². The Morgan fingerprint density at radius 2 is 1.89 bits per heavy atom. The van der Waals surface area contributed by atoms with Gasteiger partial charge in [0.15, 0.2) is 0 Å². The Kier molecular flexibility index (Phi) is 4.90. The summed E-state index contributed by atoms with van der Waals surface area (Å²) in [4.78, 5) is 4.12. The number of nitrogens with zero attached hydrogens (tertiary/aromatic N) is 2. The predicted molar refractivity (Wildman–Crippen MR) is 75.0 cm³/mol. The second kappa shape index (κ2) is 6.45. The minimum atomic E-state index is -3.29. The summed E-state index contributed by atoms with van der Waals surface area (Å²) in [7, 11) is -3.29. The quantitative estimate of drug-likeness (QED) is 0.903. The van der Waals surface area contributed by atoms with Gasteiger partial charge in [-0.1, -0.05) is 18.9 Å². The van der Waals surface area contributed by atoms with Gasteiger partial charge in [0.1, 0.15) is 0 Å². The van der Waals surface area contributed by atoms with Gasteiger partial charge in [-0.05, 0) is 25.0 Å².